The summed E-state index contributed by atoms with van der Waals surface area (Å²) in [5.41, 5.74) is -0.601. The minimum Gasteiger partial charge on any atom is -0.333 e. The third kappa shape index (κ3) is 7.90. The number of hydrogen-bond acceptors (Lipinski definition) is 2. The van der Waals surface area contributed by atoms with E-state index in [-0.39, 0.29) is 29.9 Å². The first-order valence-corrected chi connectivity index (χ1v) is 10.8. The van der Waals surface area contributed by atoms with Crippen molar-refractivity contribution in [3.05, 3.63) is 55.1 Å². The number of carbonyl (C=O) groups excluding carboxylic acids is 2. The van der Waals surface area contributed by atoms with Crippen molar-refractivity contribution in [2.45, 2.75) is 16.4 Å². The molecule has 0 aromatic heterocycles. The van der Waals surface area contributed by atoms with E-state index in [1.54, 1.807) is 12.2 Å². The molecule has 2 unspecified atom stereocenters. The SMILES string of the molecule is C=CCN(CC=C)C(=O)C(Cl)Cl.O=C1C(Cl)C(CCl)CN1c1cccc(C(F)(F)F)c1. The number of rotatable bonds is 7. The van der Waals surface area contributed by atoms with E-state index >= 15 is 0 Å². The highest BCUT2D eigenvalue weighted by Gasteiger charge is 2.40. The summed E-state index contributed by atoms with van der Waals surface area (Å²) in [7, 11) is 0. The van der Waals surface area contributed by atoms with Crippen LogP contribution in [0.4, 0.5) is 18.9 Å². The molecule has 1 aliphatic heterocycles. The van der Waals surface area contributed by atoms with Gasteiger partial charge < -0.3 is 9.80 Å². The van der Waals surface area contributed by atoms with Crippen LogP contribution in [-0.4, -0.2) is 52.4 Å². The fourth-order valence-electron chi connectivity index (χ4n) is 2.68. The Morgan fingerprint density at radius 3 is 2.26 bits per heavy atom. The molecule has 172 valence electrons. The number of amides is 2. The lowest BCUT2D eigenvalue weighted by Crippen LogP contribution is -2.35. The molecular weight excluding hydrogens is 499 g/mol. The number of hydrogen-bond donors (Lipinski definition) is 0. The Kier molecular flexibility index (Phi) is 11.2. The predicted molar refractivity (Wildman–Crippen MR) is 120 cm³/mol. The van der Waals surface area contributed by atoms with Crippen LogP contribution in [0.2, 0.25) is 0 Å². The summed E-state index contributed by atoms with van der Waals surface area (Å²) in [6.45, 7) is 8.12. The summed E-state index contributed by atoms with van der Waals surface area (Å²) >= 11 is 22.4. The van der Waals surface area contributed by atoms with Crippen LogP contribution >= 0.6 is 46.4 Å². The average Bonchev–Trinajstić information content (AvgIpc) is 3.01. The molecule has 1 fully saturated rings. The third-order valence-corrected chi connectivity index (χ3v) is 5.53. The number of alkyl halides is 7. The molecule has 0 spiro atoms. The van der Waals surface area contributed by atoms with Crippen molar-refractivity contribution >= 4 is 63.9 Å². The first kappa shape index (κ1) is 27.6. The molecule has 31 heavy (non-hydrogen) atoms. The Morgan fingerprint density at radius 2 is 1.84 bits per heavy atom. The molecule has 1 aromatic rings. The van der Waals surface area contributed by atoms with Gasteiger partial charge in [0.25, 0.3) is 5.91 Å². The van der Waals surface area contributed by atoms with Crippen LogP contribution in [0, 0.1) is 5.92 Å². The van der Waals surface area contributed by atoms with Crippen LogP contribution in [0.1, 0.15) is 5.56 Å². The van der Waals surface area contributed by atoms with E-state index < -0.39 is 27.9 Å². The van der Waals surface area contributed by atoms with Gasteiger partial charge in [-0.3, -0.25) is 9.59 Å². The second-order valence-corrected chi connectivity index (χ2v) is 8.31. The van der Waals surface area contributed by atoms with E-state index in [4.69, 9.17) is 46.4 Å². The van der Waals surface area contributed by atoms with Gasteiger partial charge in [-0.2, -0.15) is 13.2 Å². The van der Waals surface area contributed by atoms with Crippen LogP contribution in [0.15, 0.2) is 49.6 Å². The molecule has 4 nitrogen and oxygen atoms in total. The van der Waals surface area contributed by atoms with Crippen molar-refractivity contribution in [1.82, 2.24) is 4.90 Å². The quantitative estimate of drug-likeness (QED) is 0.352. The molecule has 2 amide bonds. The lowest BCUT2D eigenvalue weighted by molar-refractivity contribution is -0.137. The molecule has 0 N–H and O–H groups in total. The standard InChI is InChI=1S/C12H10Cl2F3NO.C8H11Cl2NO/c13-5-7-6-18(11(19)10(7)14)9-3-1-2-8(4-9)12(15,16)17;1-3-5-11(6-4-2)8(12)7(9)10/h1-4,7,10H,5-6H2;3-4,7H,1-2,5-6H2. The zero-order chi connectivity index (χ0) is 23.8. The summed E-state index contributed by atoms with van der Waals surface area (Å²) in [4.78, 5) is 24.8. The van der Waals surface area contributed by atoms with Gasteiger partial charge in [0.15, 0.2) is 4.84 Å². The minimum atomic E-state index is -4.44. The predicted octanol–water partition coefficient (Wildman–Crippen LogP) is 5.51. The highest BCUT2D eigenvalue weighted by Crippen LogP contribution is 2.34. The lowest BCUT2D eigenvalue weighted by atomic mass is 10.1. The van der Waals surface area contributed by atoms with Gasteiger partial charge >= 0.3 is 6.18 Å². The van der Waals surface area contributed by atoms with Crippen molar-refractivity contribution in [1.29, 1.82) is 0 Å². The van der Waals surface area contributed by atoms with Gasteiger partial charge in [-0.1, -0.05) is 41.4 Å². The van der Waals surface area contributed by atoms with Crippen LogP contribution in [0.25, 0.3) is 0 Å². The summed E-state index contributed by atoms with van der Waals surface area (Å²) in [5, 5.41) is -0.785. The molecule has 0 aliphatic carbocycles. The zero-order valence-electron chi connectivity index (χ0n) is 16.3. The molecule has 1 saturated heterocycles. The molecule has 11 heteroatoms. The first-order chi connectivity index (χ1) is 14.5. The molecule has 1 aliphatic rings. The minimum absolute atomic E-state index is 0.190. The molecule has 1 heterocycles. The molecule has 0 radical (unpaired) electrons. The maximum Gasteiger partial charge on any atom is 0.416 e. The monoisotopic (exact) mass is 518 g/mol. The Labute approximate surface area is 199 Å². The number of halogens is 7. The average molecular weight is 520 g/mol. The highest BCUT2D eigenvalue weighted by atomic mass is 35.5. The Balaban J connectivity index is 0.000000348. The topological polar surface area (TPSA) is 40.6 Å². The summed E-state index contributed by atoms with van der Waals surface area (Å²) < 4.78 is 37.9. The van der Waals surface area contributed by atoms with E-state index in [1.807, 2.05) is 0 Å². The third-order valence-electron chi connectivity index (χ3n) is 4.21. The van der Waals surface area contributed by atoms with Gasteiger partial charge in [-0.05, 0) is 18.2 Å². The molecule has 0 bridgehead atoms. The Bertz CT molecular complexity index is 780. The second kappa shape index (κ2) is 12.6. The van der Waals surface area contributed by atoms with Crippen molar-refractivity contribution in [3.63, 3.8) is 0 Å². The van der Waals surface area contributed by atoms with Crippen molar-refractivity contribution in [3.8, 4) is 0 Å². The van der Waals surface area contributed by atoms with Crippen LogP contribution in [0.3, 0.4) is 0 Å². The number of nitrogens with zero attached hydrogens (tertiary/aromatic N) is 2. The second-order valence-electron chi connectivity index (χ2n) is 6.43. The van der Waals surface area contributed by atoms with Gasteiger partial charge in [0.1, 0.15) is 5.38 Å². The van der Waals surface area contributed by atoms with E-state index in [9.17, 15) is 22.8 Å². The van der Waals surface area contributed by atoms with Gasteiger partial charge in [-0.25, -0.2) is 0 Å². The fourth-order valence-corrected chi connectivity index (χ4v) is 3.61. The largest absolute Gasteiger partial charge is 0.416 e. The van der Waals surface area contributed by atoms with Gasteiger partial charge in [0.05, 0.1) is 5.56 Å². The number of benzene rings is 1. The van der Waals surface area contributed by atoms with Crippen LogP contribution < -0.4 is 4.90 Å². The summed E-state index contributed by atoms with van der Waals surface area (Å²) in [5.74, 6) is -0.801. The number of carbonyl (C=O) groups is 2. The molecule has 2 rings (SSSR count). The number of anilines is 1. The van der Waals surface area contributed by atoms with Crippen molar-refractivity contribution in [2.75, 3.05) is 30.4 Å². The van der Waals surface area contributed by atoms with Gasteiger partial charge in [-0.15, -0.1) is 36.4 Å². The molecule has 2 atom stereocenters. The van der Waals surface area contributed by atoms with Crippen LogP contribution in [0.5, 0.6) is 0 Å². The van der Waals surface area contributed by atoms with Gasteiger partial charge in [0, 0.05) is 37.1 Å². The van der Waals surface area contributed by atoms with E-state index in [1.165, 1.54) is 21.9 Å². The van der Waals surface area contributed by atoms with E-state index in [0.29, 0.717) is 13.1 Å². The smallest absolute Gasteiger partial charge is 0.333 e. The first-order valence-electron chi connectivity index (χ1n) is 8.95. The Hall–Kier alpha value is -1.41. The normalized spacial score (nSPS) is 18.5. The van der Waals surface area contributed by atoms with Gasteiger partial charge in [0.2, 0.25) is 5.91 Å². The van der Waals surface area contributed by atoms with Crippen LogP contribution in [-0.2, 0) is 15.8 Å². The summed E-state index contributed by atoms with van der Waals surface area (Å²) in [6.07, 6.45) is -1.22. The lowest BCUT2D eigenvalue weighted by Gasteiger charge is -2.19. The van der Waals surface area contributed by atoms with Crippen molar-refractivity contribution < 1.29 is 22.8 Å². The molecule has 1 aromatic carbocycles. The Morgan fingerprint density at radius 1 is 1.26 bits per heavy atom. The van der Waals surface area contributed by atoms with Crippen molar-refractivity contribution in [2.24, 2.45) is 5.92 Å². The van der Waals surface area contributed by atoms with E-state index in [2.05, 4.69) is 13.2 Å². The van der Waals surface area contributed by atoms with E-state index in [0.717, 1.165) is 12.1 Å². The molecular formula is C20H21Cl4F3N2O2. The summed E-state index contributed by atoms with van der Waals surface area (Å²) in [6, 6.07) is 4.62. The zero-order valence-corrected chi connectivity index (χ0v) is 19.3. The maximum absolute atomic E-state index is 12.6. The highest BCUT2D eigenvalue weighted by molar-refractivity contribution is 6.53. The fraction of sp³-hybridized carbons (Fsp3) is 0.400. The molecule has 0 saturated carbocycles. The maximum atomic E-state index is 12.6.